The van der Waals surface area contributed by atoms with Gasteiger partial charge in [0.25, 0.3) is 0 Å². The Morgan fingerprint density at radius 1 is 1.04 bits per heavy atom. The molecular weight excluding hydrogens is 306 g/mol. The largest absolute Gasteiger partial charge is 0.497 e. The standard InChI is InChI=1S/C23H25NO/c1-17-14-20(8-9-21(17)16-24)23(15-18-6-4-3-5-7-18)19-10-12-22(25-2)13-11-19/h8-15,18H,3-7H2,1-2H3/b23-15+. The molecule has 0 atom stereocenters. The van der Waals surface area contributed by atoms with Gasteiger partial charge >= 0.3 is 0 Å². The fourth-order valence-corrected chi connectivity index (χ4v) is 3.62. The average molecular weight is 331 g/mol. The van der Waals surface area contributed by atoms with Gasteiger partial charge in [-0.15, -0.1) is 0 Å². The molecule has 0 radical (unpaired) electrons. The number of benzene rings is 2. The minimum Gasteiger partial charge on any atom is -0.497 e. The monoisotopic (exact) mass is 331 g/mol. The molecule has 0 spiro atoms. The first-order valence-electron chi connectivity index (χ1n) is 9.08. The van der Waals surface area contributed by atoms with Gasteiger partial charge in [-0.3, -0.25) is 0 Å². The van der Waals surface area contributed by atoms with Gasteiger partial charge in [-0.25, -0.2) is 0 Å². The highest BCUT2D eigenvalue weighted by Gasteiger charge is 2.15. The van der Waals surface area contributed by atoms with E-state index in [1.807, 2.05) is 25.1 Å². The molecule has 1 fully saturated rings. The molecule has 0 bridgehead atoms. The van der Waals surface area contributed by atoms with Crippen LogP contribution in [0, 0.1) is 24.2 Å². The predicted octanol–water partition coefficient (Wildman–Crippen LogP) is 5.89. The number of nitriles is 1. The highest BCUT2D eigenvalue weighted by molar-refractivity contribution is 5.80. The van der Waals surface area contributed by atoms with E-state index in [0.717, 1.165) is 16.9 Å². The van der Waals surface area contributed by atoms with Crippen molar-refractivity contribution in [3.05, 3.63) is 70.8 Å². The van der Waals surface area contributed by atoms with E-state index in [1.165, 1.54) is 48.8 Å². The molecule has 0 N–H and O–H groups in total. The number of aryl methyl sites for hydroxylation is 1. The van der Waals surface area contributed by atoms with Crippen LogP contribution in [0.15, 0.2) is 48.5 Å². The van der Waals surface area contributed by atoms with E-state index < -0.39 is 0 Å². The first kappa shape index (κ1) is 17.3. The fourth-order valence-electron chi connectivity index (χ4n) is 3.62. The third kappa shape index (κ3) is 4.12. The molecule has 128 valence electrons. The summed E-state index contributed by atoms with van der Waals surface area (Å²) in [5.74, 6) is 1.51. The molecule has 0 aromatic heterocycles. The van der Waals surface area contributed by atoms with Crippen molar-refractivity contribution < 1.29 is 4.74 Å². The number of nitrogens with zero attached hydrogens (tertiary/aromatic N) is 1. The van der Waals surface area contributed by atoms with Crippen molar-refractivity contribution in [1.82, 2.24) is 0 Å². The maximum Gasteiger partial charge on any atom is 0.118 e. The quantitative estimate of drug-likeness (QED) is 0.700. The average Bonchev–Trinajstić information content (AvgIpc) is 2.67. The highest BCUT2D eigenvalue weighted by Crippen LogP contribution is 2.32. The van der Waals surface area contributed by atoms with Crippen LogP contribution in [0.5, 0.6) is 5.75 Å². The van der Waals surface area contributed by atoms with E-state index in [0.29, 0.717) is 5.92 Å². The summed E-state index contributed by atoms with van der Waals surface area (Å²) in [4.78, 5) is 0. The van der Waals surface area contributed by atoms with Gasteiger partial charge in [-0.1, -0.05) is 49.6 Å². The lowest BCUT2D eigenvalue weighted by Gasteiger charge is -2.20. The van der Waals surface area contributed by atoms with Crippen LogP contribution >= 0.6 is 0 Å². The first-order valence-corrected chi connectivity index (χ1v) is 9.08. The van der Waals surface area contributed by atoms with Crippen LogP contribution in [0.25, 0.3) is 5.57 Å². The van der Waals surface area contributed by atoms with E-state index in [2.05, 4.69) is 36.4 Å². The van der Waals surface area contributed by atoms with Gasteiger partial charge in [0.15, 0.2) is 0 Å². The zero-order valence-electron chi connectivity index (χ0n) is 15.1. The lowest BCUT2D eigenvalue weighted by atomic mass is 9.85. The minimum absolute atomic E-state index is 0.641. The molecule has 25 heavy (non-hydrogen) atoms. The Morgan fingerprint density at radius 3 is 2.32 bits per heavy atom. The maximum absolute atomic E-state index is 9.21. The van der Waals surface area contributed by atoms with Gasteiger partial charge < -0.3 is 4.74 Å². The van der Waals surface area contributed by atoms with E-state index in [9.17, 15) is 5.26 Å². The summed E-state index contributed by atoms with van der Waals surface area (Å²) in [6.45, 7) is 2.01. The molecule has 2 aromatic rings. The van der Waals surface area contributed by atoms with E-state index in [-0.39, 0.29) is 0 Å². The third-order valence-electron chi connectivity index (χ3n) is 5.11. The Kier molecular flexibility index (Phi) is 5.56. The zero-order chi connectivity index (χ0) is 17.6. The predicted molar refractivity (Wildman–Crippen MR) is 103 cm³/mol. The number of hydrogen-bond acceptors (Lipinski definition) is 2. The SMILES string of the molecule is COc1ccc(/C(=C\C2CCCCC2)c2ccc(C#N)c(C)c2)cc1. The van der Waals surface area contributed by atoms with Crippen molar-refractivity contribution in [2.24, 2.45) is 5.92 Å². The summed E-state index contributed by atoms with van der Waals surface area (Å²) in [6, 6.07) is 16.7. The number of hydrogen-bond donors (Lipinski definition) is 0. The Bertz CT molecular complexity index is 790. The summed E-state index contributed by atoms with van der Waals surface area (Å²) < 4.78 is 5.30. The van der Waals surface area contributed by atoms with E-state index in [4.69, 9.17) is 4.74 Å². The zero-order valence-corrected chi connectivity index (χ0v) is 15.1. The molecule has 0 aliphatic heterocycles. The Morgan fingerprint density at radius 2 is 1.72 bits per heavy atom. The lowest BCUT2D eigenvalue weighted by molar-refractivity contribution is 0.414. The van der Waals surface area contributed by atoms with Gasteiger partial charge in [0.1, 0.15) is 5.75 Å². The Hall–Kier alpha value is -2.53. The van der Waals surface area contributed by atoms with Crippen LogP contribution in [-0.2, 0) is 0 Å². The summed E-state index contributed by atoms with van der Waals surface area (Å²) in [7, 11) is 1.69. The number of ether oxygens (including phenoxy) is 1. The molecule has 1 aliphatic rings. The number of rotatable bonds is 4. The highest BCUT2D eigenvalue weighted by atomic mass is 16.5. The van der Waals surface area contributed by atoms with Gasteiger partial charge in [0.2, 0.25) is 0 Å². The van der Waals surface area contributed by atoms with E-state index >= 15 is 0 Å². The molecule has 2 aromatic carbocycles. The van der Waals surface area contributed by atoms with E-state index in [1.54, 1.807) is 7.11 Å². The topological polar surface area (TPSA) is 33.0 Å². The molecule has 0 heterocycles. The second-order valence-electron chi connectivity index (χ2n) is 6.85. The van der Waals surface area contributed by atoms with Gasteiger partial charge in [0.05, 0.1) is 18.7 Å². The molecule has 1 aliphatic carbocycles. The minimum atomic E-state index is 0.641. The summed E-state index contributed by atoms with van der Waals surface area (Å²) in [6.07, 6.45) is 9.00. The molecule has 2 nitrogen and oxygen atoms in total. The molecule has 0 amide bonds. The smallest absolute Gasteiger partial charge is 0.118 e. The summed E-state index contributed by atoms with van der Waals surface area (Å²) in [5.41, 5.74) is 5.43. The lowest BCUT2D eigenvalue weighted by Crippen LogP contribution is -2.04. The van der Waals surface area contributed by atoms with Crippen molar-refractivity contribution in [1.29, 1.82) is 5.26 Å². The first-order chi connectivity index (χ1) is 12.2. The van der Waals surface area contributed by atoms with Crippen molar-refractivity contribution in [2.75, 3.05) is 7.11 Å². The van der Waals surface area contributed by atoms with Crippen molar-refractivity contribution in [2.45, 2.75) is 39.0 Å². The molecule has 3 rings (SSSR count). The van der Waals surface area contributed by atoms with Crippen molar-refractivity contribution in [3.8, 4) is 11.8 Å². The van der Waals surface area contributed by atoms with Gasteiger partial charge in [0, 0.05) is 0 Å². The molecular formula is C23H25NO. The van der Waals surface area contributed by atoms with Gasteiger partial charge in [-0.2, -0.15) is 5.26 Å². The van der Waals surface area contributed by atoms with Crippen molar-refractivity contribution in [3.63, 3.8) is 0 Å². The van der Waals surface area contributed by atoms with Crippen LogP contribution in [0.2, 0.25) is 0 Å². The number of allylic oxidation sites excluding steroid dienone is 1. The molecule has 0 saturated heterocycles. The Labute approximate surface area is 150 Å². The number of methoxy groups -OCH3 is 1. The third-order valence-corrected chi connectivity index (χ3v) is 5.11. The molecule has 0 unspecified atom stereocenters. The molecule has 1 saturated carbocycles. The Balaban J connectivity index is 2.03. The van der Waals surface area contributed by atoms with Crippen LogP contribution in [0.4, 0.5) is 0 Å². The second-order valence-corrected chi connectivity index (χ2v) is 6.85. The van der Waals surface area contributed by atoms with Crippen LogP contribution < -0.4 is 4.74 Å². The molecule has 2 heteroatoms. The maximum atomic E-state index is 9.21. The van der Waals surface area contributed by atoms with Crippen molar-refractivity contribution >= 4 is 5.57 Å². The van der Waals surface area contributed by atoms with Crippen LogP contribution in [0.1, 0.15) is 54.4 Å². The fraction of sp³-hybridized carbons (Fsp3) is 0.348. The van der Waals surface area contributed by atoms with Crippen LogP contribution in [-0.4, -0.2) is 7.11 Å². The van der Waals surface area contributed by atoms with Crippen LogP contribution in [0.3, 0.4) is 0 Å². The summed E-state index contributed by atoms with van der Waals surface area (Å²) in [5, 5.41) is 9.21. The second kappa shape index (κ2) is 8.03. The van der Waals surface area contributed by atoms with Gasteiger partial charge in [-0.05, 0) is 66.1 Å². The summed E-state index contributed by atoms with van der Waals surface area (Å²) >= 11 is 0. The normalized spacial score (nSPS) is 15.6.